The van der Waals surface area contributed by atoms with Crippen molar-refractivity contribution in [3.05, 3.63) is 22.3 Å². The van der Waals surface area contributed by atoms with Crippen LogP contribution in [0.2, 0.25) is 0 Å². The number of nitrogens with two attached hydrogens (primary N) is 1. The number of ether oxygens (including phenoxy) is 1. The van der Waals surface area contributed by atoms with Gasteiger partial charge in [0, 0.05) is 30.7 Å². The number of aliphatic carboxylic acids is 1. The van der Waals surface area contributed by atoms with Gasteiger partial charge in [0.25, 0.3) is 17.7 Å². The number of carbonyl (C=O) groups is 5. The molecule has 0 aliphatic carbocycles. The van der Waals surface area contributed by atoms with Crippen molar-refractivity contribution in [3.63, 3.8) is 0 Å². The molecule has 1 aromatic rings. The van der Waals surface area contributed by atoms with Crippen molar-refractivity contribution < 1.29 is 68.2 Å². The van der Waals surface area contributed by atoms with Gasteiger partial charge in [0.05, 0.1) is 11.7 Å². The molecule has 0 radical (unpaired) electrons. The van der Waals surface area contributed by atoms with Gasteiger partial charge in [-0.25, -0.2) is 4.98 Å². The Balaban J connectivity index is 0.00000432. The van der Waals surface area contributed by atoms with Crippen LogP contribution in [0.4, 0.5) is 5.13 Å². The number of anilines is 1. The fraction of sp³-hybridized carbons (Fsp3) is 0.389. The largest absolute Gasteiger partial charge is 1.00 e. The molecular formula is C18H19N6NaO8S2. The molecule has 3 amide bonds. The fourth-order valence-electron chi connectivity index (χ4n) is 3.01. The topological polar surface area (TPSA) is 205 Å². The second-order valence-electron chi connectivity index (χ2n) is 6.84. The maximum absolute atomic E-state index is 12.9. The Hall–Kier alpha value is -2.66. The summed E-state index contributed by atoms with van der Waals surface area (Å²) in [6, 6.07) is -1.08. The van der Waals surface area contributed by atoms with Gasteiger partial charge < -0.3 is 35.8 Å². The van der Waals surface area contributed by atoms with Crippen LogP contribution in [-0.2, 0) is 33.5 Å². The minimum Gasteiger partial charge on any atom is -0.543 e. The summed E-state index contributed by atoms with van der Waals surface area (Å²) in [4.78, 5) is 69.6. The van der Waals surface area contributed by atoms with Gasteiger partial charge in [-0.3, -0.25) is 24.1 Å². The number of likely N-dealkylation sites (N-methyl/N-ethyl adjacent to an activating group) is 1. The van der Waals surface area contributed by atoms with Crippen LogP contribution in [0.3, 0.4) is 0 Å². The van der Waals surface area contributed by atoms with Crippen LogP contribution in [0.15, 0.2) is 21.8 Å². The number of rotatable bonds is 9. The zero-order valence-corrected chi connectivity index (χ0v) is 22.5. The molecule has 0 unspecified atom stereocenters. The van der Waals surface area contributed by atoms with Gasteiger partial charge in [-0.05, 0) is 0 Å². The Labute approximate surface area is 228 Å². The van der Waals surface area contributed by atoms with E-state index in [4.69, 9.17) is 15.3 Å². The number of hydrogen-bond donors (Lipinski definition) is 3. The van der Waals surface area contributed by atoms with Crippen LogP contribution < -0.4 is 51.0 Å². The maximum Gasteiger partial charge on any atom is 1.00 e. The molecule has 1 saturated heterocycles. The standard InChI is InChI=1S/C18H20N6O8S2.Na/c1-7(25)31-3-8-5-33-16-12(15(28)24(16)13(8)17(29)30)22-14(27)11(9-6-34-18(19)21-9)23-32-4-10(26)20-2;/h6,12,16H,3-5H2,1-2H3,(H2,19,21)(H,20,26)(H,22,27)(H,29,30);/q;+1/p-1/b23-11-;/t12-,16-;/m1./s1. The third-order valence-corrected chi connectivity index (χ3v) is 6.60. The number of fused-ring (bicyclic) bond motifs is 1. The van der Waals surface area contributed by atoms with E-state index >= 15 is 0 Å². The SMILES string of the molecule is CNC(=O)CO/N=C(\C(=O)N[C@@H]1C(=O)N2C(C(=O)[O-])=C(COC(C)=O)CS[C@H]12)c1csc(N)n1.[Na+]. The van der Waals surface area contributed by atoms with Crippen LogP contribution >= 0.6 is 23.1 Å². The molecule has 4 N–H and O–H groups in total. The summed E-state index contributed by atoms with van der Waals surface area (Å²) in [6.45, 7) is 0.405. The molecule has 2 aliphatic rings. The predicted octanol–water partition coefficient (Wildman–Crippen LogP) is -5.84. The number of carboxylic acid groups (broad SMARTS) is 1. The van der Waals surface area contributed by atoms with E-state index in [9.17, 15) is 29.1 Å². The van der Waals surface area contributed by atoms with Crippen molar-refractivity contribution in [2.24, 2.45) is 5.16 Å². The minimum absolute atomic E-state index is 0. The van der Waals surface area contributed by atoms with Crippen molar-refractivity contribution in [2.75, 3.05) is 31.7 Å². The molecule has 3 rings (SSSR count). The summed E-state index contributed by atoms with van der Waals surface area (Å²) >= 11 is 2.22. The van der Waals surface area contributed by atoms with Gasteiger partial charge in [-0.2, -0.15) is 0 Å². The number of nitrogens with one attached hydrogen (secondary N) is 2. The number of carbonyl (C=O) groups excluding carboxylic acids is 5. The van der Waals surface area contributed by atoms with Crippen molar-refractivity contribution >= 4 is 63.6 Å². The molecular weight excluding hydrogens is 515 g/mol. The average Bonchev–Trinajstić information content (AvgIpc) is 3.23. The van der Waals surface area contributed by atoms with E-state index in [1.807, 2.05) is 0 Å². The molecule has 14 nitrogen and oxygen atoms in total. The normalized spacial score (nSPS) is 19.1. The first kappa shape index (κ1) is 28.6. The Morgan fingerprint density at radius 2 is 2.09 bits per heavy atom. The summed E-state index contributed by atoms with van der Waals surface area (Å²) in [5.41, 5.74) is 5.17. The molecule has 0 spiro atoms. The molecule has 1 fully saturated rings. The molecule has 3 heterocycles. The molecule has 2 atom stereocenters. The van der Waals surface area contributed by atoms with Gasteiger partial charge >= 0.3 is 35.5 Å². The monoisotopic (exact) mass is 534 g/mol. The molecule has 35 heavy (non-hydrogen) atoms. The molecule has 0 bridgehead atoms. The van der Waals surface area contributed by atoms with Gasteiger partial charge in [-0.1, -0.05) is 5.16 Å². The average molecular weight is 535 g/mol. The summed E-state index contributed by atoms with van der Waals surface area (Å²) < 4.78 is 4.86. The number of β-lactam (4-membered cyclic amide) rings is 1. The van der Waals surface area contributed by atoms with Crippen LogP contribution in [0, 0.1) is 0 Å². The number of thiazole rings is 1. The van der Waals surface area contributed by atoms with Gasteiger partial charge in [0.2, 0.25) is 0 Å². The number of nitrogens with zero attached hydrogens (tertiary/aromatic N) is 3. The molecule has 17 heteroatoms. The number of amides is 3. The Morgan fingerprint density at radius 1 is 1.37 bits per heavy atom. The summed E-state index contributed by atoms with van der Waals surface area (Å²) in [6.07, 6.45) is 0. The van der Waals surface area contributed by atoms with Crippen LogP contribution in [0.1, 0.15) is 12.6 Å². The zero-order chi connectivity index (χ0) is 25.0. The second kappa shape index (κ2) is 12.3. The van der Waals surface area contributed by atoms with Gasteiger partial charge in [0.1, 0.15) is 23.7 Å². The Bertz CT molecular complexity index is 1110. The number of hydrogen-bond acceptors (Lipinski definition) is 13. The predicted molar refractivity (Wildman–Crippen MR) is 117 cm³/mol. The van der Waals surface area contributed by atoms with E-state index in [2.05, 4.69) is 20.8 Å². The smallest absolute Gasteiger partial charge is 0.543 e. The van der Waals surface area contributed by atoms with Gasteiger partial charge in [0.15, 0.2) is 17.5 Å². The Morgan fingerprint density at radius 3 is 2.66 bits per heavy atom. The summed E-state index contributed by atoms with van der Waals surface area (Å²) in [7, 11) is 1.40. The van der Waals surface area contributed by atoms with E-state index in [1.165, 1.54) is 31.1 Å². The quantitative estimate of drug-likeness (QED) is 0.0894. The molecule has 2 aliphatic heterocycles. The molecule has 1 aromatic heterocycles. The first-order valence-electron chi connectivity index (χ1n) is 9.58. The van der Waals surface area contributed by atoms with Crippen LogP contribution in [-0.4, -0.2) is 82.7 Å². The third-order valence-electron chi connectivity index (χ3n) is 4.59. The maximum atomic E-state index is 12.9. The Kier molecular flexibility index (Phi) is 10.1. The number of oxime groups is 1. The van der Waals surface area contributed by atoms with E-state index in [-0.39, 0.29) is 64.0 Å². The van der Waals surface area contributed by atoms with Gasteiger partial charge in [-0.15, -0.1) is 23.1 Å². The number of nitrogen functional groups attached to an aromatic ring is 1. The minimum atomic E-state index is -1.60. The van der Waals surface area contributed by atoms with Crippen LogP contribution in [0.25, 0.3) is 0 Å². The number of esters is 1. The fourth-order valence-corrected chi connectivity index (χ4v) is 4.88. The van der Waals surface area contributed by atoms with E-state index in [0.717, 1.165) is 16.2 Å². The second-order valence-corrected chi connectivity index (χ2v) is 8.83. The van der Waals surface area contributed by atoms with E-state index < -0.39 is 53.4 Å². The third kappa shape index (κ3) is 6.52. The zero-order valence-electron chi connectivity index (χ0n) is 18.9. The summed E-state index contributed by atoms with van der Waals surface area (Å²) in [5.74, 6) is -4.11. The van der Waals surface area contributed by atoms with E-state index in [0.29, 0.717) is 0 Å². The number of thioether (sulfide) groups is 1. The summed E-state index contributed by atoms with van der Waals surface area (Å²) in [5, 5.41) is 21.0. The molecule has 0 saturated carbocycles. The number of carboxylic acids is 1. The molecule has 182 valence electrons. The van der Waals surface area contributed by atoms with Crippen molar-refractivity contribution in [2.45, 2.75) is 18.3 Å². The first-order chi connectivity index (χ1) is 16.1. The van der Waals surface area contributed by atoms with Crippen LogP contribution in [0.5, 0.6) is 0 Å². The van der Waals surface area contributed by atoms with Crippen molar-refractivity contribution in [1.29, 1.82) is 0 Å². The van der Waals surface area contributed by atoms with Crippen molar-refractivity contribution in [3.8, 4) is 0 Å². The van der Waals surface area contributed by atoms with E-state index in [1.54, 1.807) is 0 Å². The molecule has 0 aromatic carbocycles. The van der Waals surface area contributed by atoms with Crippen molar-refractivity contribution in [1.82, 2.24) is 20.5 Å². The number of aromatic nitrogens is 1. The first-order valence-corrected chi connectivity index (χ1v) is 11.5.